The first-order valence-corrected chi connectivity index (χ1v) is 5.45. The molecule has 0 bridgehead atoms. The summed E-state index contributed by atoms with van der Waals surface area (Å²) in [5, 5.41) is 5.35. The Labute approximate surface area is 103 Å². The maximum atomic E-state index is 5.93. The fourth-order valence-corrected chi connectivity index (χ4v) is 1.97. The lowest BCUT2D eigenvalue weighted by molar-refractivity contribution is 0.786. The maximum absolute atomic E-state index is 5.93. The third-order valence-corrected chi connectivity index (χ3v) is 2.49. The molecule has 1 aromatic carbocycles. The summed E-state index contributed by atoms with van der Waals surface area (Å²) in [7, 11) is 0. The van der Waals surface area contributed by atoms with Crippen LogP contribution in [0, 0.1) is 6.92 Å². The van der Waals surface area contributed by atoms with Crippen molar-refractivity contribution in [2.45, 2.75) is 13.5 Å². The molecule has 84 valence electrons. The van der Waals surface area contributed by atoms with E-state index in [0.29, 0.717) is 28.2 Å². The lowest BCUT2D eigenvalue weighted by Crippen LogP contribution is -2.07. The van der Waals surface area contributed by atoms with Crippen molar-refractivity contribution >= 4 is 23.2 Å². The van der Waals surface area contributed by atoms with E-state index >= 15 is 0 Å². The highest BCUT2D eigenvalue weighted by atomic mass is 35.5. The molecule has 2 rings (SSSR count). The molecule has 0 fully saturated rings. The second kappa shape index (κ2) is 4.41. The van der Waals surface area contributed by atoms with Crippen LogP contribution in [0.3, 0.4) is 0 Å². The number of halogens is 2. The smallest absolute Gasteiger partial charge is 0.148 e. The molecule has 0 unspecified atom stereocenters. The molecule has 1 heterocycles. The van der Waals surface area contributed by atoms with Gasteiger partial charge in [-0.1, -0.05) is 23.2 Å². The monoisotopic (exact) mass is 256 g/mol. The van der Waals surface area contributed by atoms with Gasteiger partial charge in [0.15, 0.2) is 0 Å². The normalized spacial score (nSPS) is 10.8. The van der Waals surface area contributed by atoms with Crippen LogP contribution in [-0.2, 0) is 6.54 Å². The van der Waals surface area contributed by atoms with E-state index in [0.717, 1.165) is 5.69 Å². The SMILES string of the molecule is Cc1nc(CN)n(-c2cc(Cl)cc(Cl)c2)n1. The van der Waals surface area contributed by atoms with Gasteiger partial charge in [-0.3, -0.25) is 0 Å². The Morgan fingerprint density at radius 3 is 2.44 bits per heavy atom. The molecule has 0 atom stereocenters. The second-order valence-corrected chi connectivity index (χ2v) is 4.19. The summed E-state index contributed by atoms with van der Waals surface area (Å²) in [5.41, 5.74) is 6.35. The first kappa shape index (κ1) is 11.4. The van der Waals surface area contributed by atoms with Gasteiger partial charge in [0.2, 0.25) is 0 Å². The van der Waals surface area contributed by atoms with Crippen molar-refractivity contribution in [2.24, 2.45) is 5.73 Å². The maximum Gasteiger partial charge on any atom is 0.148 e. The number of nitrogens with two attached hydrogens (primary N) is 1. The van der Waals surface area contributed by atoms with E-state index in [9.17, 15) is 0 Å². The van der Waals surface area contributed by atoms with Crippen LogP contribution in [0.15, 0.2) is 18.2 Å². The van der Waals surface area contributed by atoms with E-state index in [2.05, 4.69) is 10.1 Å². The molecule has 6 heteroatoms. The molecule has 0 radical (unpaired) electrons. The number of nitrogens with zero attached hydrogens (tertiary/aromatic N) is 3. The van der Waals surface area contributed by atoms with Gasteiger partial charge in [-0.25, -0.2) is 9.67 Å². The Morgan fingerprint density at radius 1 is 1.25 bits per heavy atom. The van der Waals surface area contributed by atoms with Gasteiger partial charge in [-0.05, 0) is 25.1 Å². The van der Waals surface area contributed by atoms with Crippen LogP contribution in [0.2, 0.25) is 10.0 Å². The van der Waals surface area contributed by atoms with Crippen molar-refractivity contribution in [3.63, 3.8) is 0 Å². The molecule has 0 spiro atoms. The first-order valence-electron chi connectivity index (χ1n) is 4.69. The third-order valence-electron chi connectivity index (χ3n) is 2.05. The highest BCUT2D eigenvalue weighted by molar-refractivity contribution is 6.34. The van der Waals surface area contributed by atoms with Crippen molar-refractivity contribution in [2.75, 3.05) is 0 Å². The minimum atomic E-state index is 0.310. The Bertz CT molecular complexity index is 501. The summed E-state index contributed by atoms with van der Waals surface area (Å²) in [6.07, 6.45) is 0. The molecular weight excluding hydrogens is 247 g/mol. The quantitative estimate of drug-likeness (QED) is 0.898. The zero-order valence-electron chi connectivity index (χ0n) is 8.61. The fourth-order valence-electron chi connectivity index (χ4n) is 1.46. The van der Waals surface area contributed by atoms with Crippen molar-refractivity contribution in [1.82, 2.24) is 14.8 Å². The number of rotatable bonds is 2. The van der Waals surface area contributed by atoms with Crippen molar-refractivity contribution in [1.29, 1.82) is 0 Å². The Balaban J connectivity index is 2.57. The average molecular weight is 257 g/mol. The summed E-state index contributed by atoms with van der Waals surface area (Å²) in [4.78, 5) is 4.21. The molecule has 1 aromatic heterocycles. The van der Waals surface area contributed by atoms with E-state index in [1.165, 1.54) is 0 Å². The minimum Gasteiger partial charge on any atom is -0.324 e. The van der Waals surface area contributed by atoms with E-state index in [4.69, 9.17) is 28.9 Å². The van der Waals surface area contributed by atoms with Crippen molar-refractivity contribution < 1.29 is 0 Å². The zero-order chi connectivity index (χ0) is 11.7. The van der Waals surface area contributed by atoms with E-state index < -0.39 is 0 Å². The average Bonchev–Trinajstić information content (AvgIpc) is 2.58. The predicted molar refractivity (Wildman–Crippen MR) is 64.0 cm³/mol. The molecule has 0 amide bonds. The molecule has 0 aliphatic rings. The van der Waals surface area contributed by atoms with Gasteiger partial charge >= 0.3 is 0 Å². The van der Waals surface area contributed by atoms with Crippen molar-refractivity contribution in [3.05, 3.63) is 39.9 Å². The highest BCUT2D eigenvalue weighted by Gasteiger charge is 2.08. The van der Waals surface area contributed by atoms with Crippen LogP contribution < -0.4 is 5.73 Å². The van der Waals surface area contributed by atoms with Gasteiger partial charge in [0, 0.05) is 10.0 Å². The Hall–Kier alpha value is -1.10. The molecule has 4 nitrogen and oxygen atoms in total. The van der Waals surface area contributed by atoms with Crippen molar-refractivity contribution in [3.8, 4) is 5.69 Å². The Kier molecular flexibility index (Phi) is 3.14. The van der Waals surface area contributed by atoms with Crippen LogP contribution in [0.25, 0.3) is 5.69 Å². The molecule has 0 aliphatic heterocycles. The summed E-state index contributed by atoms with van der Waals surface area (Å²) in [6, 6.07) is 5.19. The minimum absolute atomic E-state index is 0.310. The van der Waals surface area contributed by atoms with Crippen LogP contribution in [-0.4, -0.2) is 14.8 Å². The fraction of sp³-hybridized carbons (Fsp3) is 0.200. The molecule has 2 N–H and O–H groups in total. The molecule has 2 aromatic rings. The number of benzene rings is 1. The lowest BCUT2D eigenvalue weighted by atomic mass is 10.3. The molecular formula is C10H10Cl2N4. The molecule has 0 aliphatic carbocycles. The summed E-state index contributed by atoms with van der Waals surface area (Å²) >= 11 is 11.9. The third kappa shape index (κ3) is 2.19. The van der Waals surface area contributed by atoms with Gasteiger partial charge in [-0.15, -0.1) is 0 Å². The van der Waals surface area contributed by atoms with Gasteiger partial charge in [0.25, 0.3) is 0 Å². The summed E-state index contributed by atoms with van der Waals surface area (Å²) in [5.74, 6) is 1.34. The lowest BCUT2D eigenvalue weighted by Gasteiger charge is -2.05. The number of hydrogen-bond acceptors (Lipinski definition) is 3. The van der Waals surface area contributed by atoms with E-state index in [-0.39, 0.29) is 0 Å². The predicted octanol–water partition coefficient (Wildman–Crippen LogP) is 2.34. The van der Waals surface area contributed by atoms with Crippen LogP contribution in [0.5, 0.6) is 0 Å². The largest absolute Gasteiger partial charge is 0.324 e. The topological polar surface area (TPSA) is 56.7 Å². The van der Waals surface area contributed by atoms with Crippen LogP contribution >= 0.6 is 23.2 Å². The number of aromatic nitrogens is 3. The molecule has 16 heavy (non-hydrogen) atoms. The molecule has 0 saturated heterocycles. The van der Waals surface area contributed by atoms with Gasteiger partial charge in [0.1, 0.15) is 11.6 Å². The zero-order valence-corrected chi connectivity index (χ0v) is 10.1. The summed E-state index contributed by atoms with van der Waals surface area (Å²) < 4.78 is 1.65. The van der Waals surface area contributed by atoms with Crippen LogP contribution in [0.4, 0.5) is 0 Å². The van der Waals surface area contributed by atoms with Gasteiger partial charge in [-0.2, -0.15) is 5.10 Å². The Morgan fingerprint density at radius 2 is 1.88 bits per heavy atom. The number of hydrogen-bond donors (Lipinski definition) is 1. The standard InChI is InChI=1S/C10H10Cl2N4/c1-6-14-10(5-13)16(15-6)9-3-7(11)2-8(12)4-9/h2-4H,5,13H2,1H3. The number of aryl methyl sites for hydroxylation is 1. The molecule has 0 saturated carbocycles. The van der Waals surface area contributed by atoms with Crippen LogP contribution in [0.1, 0.15) is 11.6 Å². The van der Waals surface area contributed by atoms with E-state index in [1.54, 1.807) is 22.9 Å². The summed E-state index contributed by atoms with van der Waals surface area (Å²) in [6.45, 7) is 2.12. The highest BCUT2D eigenvalue weighted by Crippen LogP contribution is 2.22. The van der Waals surface area contributed by atoms with E-state index in [1.807, 2.05) is 6.92 Å². The second-order valence-electron chi connectivity index (χ2n) is 3.32. The first-order chi connectivity index (χ1) is 7.60. The van der Waals surface area contributed by atoms with Gasteiger partial charge < -0.3 is 5.73 Å². The van der Waals surface area contributed by atoms with Gasteiger partial charge in [0.05, 0.1) is 12.2 Å².